The molecule has 0 aliphatic carbocycles. The molecule has 3 nitrogen and oxygen atoms in total. The van der Waals surface area contributed by atoms with Gasteiger partial charge in [0.15, 0.2) is 0 Å². The lowest BCUT2D eigenvalue weighted by Crippen LogP contribution is -2.46. The van der Waals surface area contributed by atoms with E-state index in [-0.39, 0.29) is 0 Å². The van der Waals surface area contributed by atoms with E-state index in [1.54, 1.807) is 0 Å². The fourth-order valence-electron chi connectivity index (χ4n) is 3.95. The fraction of sp³-hybridized carbons (Fsp3) is 0.381. The lowest BCUT2D eigenvalue weighted by Gasteiger charge is -2.32. The van der Waals surface area contributed by atoms with Gasteiger partial charge in [0.1, 0.15) is 12.0 Å². The third-order valence-corrected chi connectivity index (χ3v) is 5.11. The molecule has 0 spiro atoms. The number of nitrogens with zero attached hydrogens (tertiary/aromatic N) is 3. The highest BCUT2D eigenvalue weighted by Gasteiger charge is 2.38. The molecule has 2 aliphatic rings. The first kappa shape index (κ1) is 15.3. The Morgan fingerprint density at radius 2 is 1.75 bits per heavy atom. The fourth-order valence-corrected chi connectivity index (χ4v) is 3.95. The first-order valence-electron chi connectivity index (χ1n) is 9.12. The zero-order valence-corrected chi connectivity index (χ0v) is 14.6. The van der Waals surface area contributed by atoms with Crippen LogP contribution in [-0.4, -0.2) is 18.5 Å². The maximum atomic E-state index is 4.91. The summed E-state index contributed by atoms with van der Waals surface area (Å²) in [5.41, 5.74) is 5.29. The molecule has 0 fully saturated rings. The Morgan fingerprint density at radius 3 is 2.54 bits per heavy atom. The van der Waals surface area contributed by atoms with Crippen molar-refractivity contribution in [3.8, 4) is 0 Å². The topological polar surface area (TPSA) is 18.8 Å². The van der Waals surface area contributed by atoms with E-state index < -0.39 is 0 Å². The minimum absolute atomic E-state index is 0.360. The molecule has 2 aromatic carbocycles. The molecule has 1 atom stereocenters. The lowest BCUT2D eigenvalue weighted by atomic mass is 10.1. The van der Waals surface area contributed by atoms with E-state index in [1.165, 1.54) is 35.3 Å². The smallest absolute Gasteiger partial charge is 0.137 e. The molecule has 0 bridgehead atoms. The van der Waals surface area contributed by atoms with Crippen LogP contribution in [0.1, 0.15) is 44.2 Å². The van der Waals surface area contributed by atoms with Crippen LogP contribution in [0.25, 0.3) is 0 Å². The number of anilines is 2. The molecule has 2 aromatic rings. The maximum absolute atomic E-state index is 4.91. The monoisotopic (exact) mass is 319 g/mol. The summed E-state index contributed by atoms with van der Waals surface area (Å²) >= 11 is 0. The van der Waals surface area contributed by atoms with Gasteiger partial charge in [-0.1, -0.05) is 56.7 Å². The number of para-hydroxylation sites is 2. The van der Waals surface area contributed by atoms with Gasteiger partial charge < -0.3 is 9.80 Å². The van der Waals surface area contributed by atoms with Crippen molar-refractivity contribution in [2.24, 2.45) is 4.99 Å². The van der Waals surface area contributed by atoms with Crippen LogP contribution in [0, 0.1) is 0 Å². The van der Waals surface area contributed by atoms with Crippen LogP contribution >= 0.6 is 0 Å². The highest BCUT2D eigenvalue weighted by Crippen LogP contribution is 2.42. The number of amidine groups is 1. The molecule has 24 heavy (non-hydrogen) atoms. The van der Waals surface area contributed by atoms with Crippen LogP contribution in [0.15, 0.2) is 53.5 Å². The Morgan fingerprint density at radius 1 is 1.00 bits per heavy atom. The van der Waals surface area contributed by atoms with E-state index in [9.17, 15) is 0 Å². The van der Waals surface area contributed by atoms with Gasteiger partial charge in [0.05, 0.1) is 17.9 Å². The zero-order valence-electron chi connectivity index (χ0n) is 14.6. The van der Waals surface area contributed by atoms with E-state index >= 15 is 0 Å². The molecule has 0 aromatic heterocycles. The SMILES string of the molecule is CCCCN1c2ccccc2N(C2=NCc3ccccc32)C1CC. The largest absolute Gasteiger partial charge is 0.349 e. The van der Waals surface area contributed by atoms with Gasteiger partial charge in [0.25, 0.3) is 0 Å². The number of benzene rings is 2. The second kappa shape index (κ2) is 6.31. The standard InChI is InChI=1S/C21H25N3/c1-3-5-14-23-18-12-8-9-13-19(18)24(20(23)4-2)21-17-11-7-6-10-16(17)15-22-21/h6-13,20H,3-5,14-15H2,1-2H3. The second-order valence-corrected chi connectivity index (χ2v) is 6.59. The van der Waals surface area contributed by atoms with Crippen LogP contribution < -0.4 is 9.80 Å². The summed E-state index contributed by atoms with van der Waals surface area (Å²) in [4.78, 5) is 9.95. The molecule has 4 rings (SSSR count). The zero-order chi connectivity index (χ0) is 16.5. The average molecular weight is 319 g/mol. The lowest BCUT2D eigenvalue weighted by molar-refractivity contribution is 0.595. The Hall–Kier alpha value is -2.29. The van der Waals surface area contributed by atoms with Crippen molar-refractivity contribution in [1.29, 1.82) is 0 Å². The highest BCUT2D eigenvalue weighted by molar-refractivity contribution is 6.15. The maximum Gasteiger partial charge on any atom is 0.137 e. The second-order valence-electron chi connectivity index (χ2n) is 6.59. The van der Waals surface area contributed by atoms with Crippen LogP contribution in [0.5, 0.6) is 0 Å². The Kier molecular flexibility index (Phi) is 4.01. The molecule has 1 unspecified atom stereocenters. The predicted octanol–water partition coefficient (Wildman–Crippen LogP) is 4.81. The Labute approximate surface area is 144 Å². The van der Waals surface area contributed by atoms with E-state index in [2.05, 4.69) is 72.2 Å². The molecule has 0 N–H and O–H groups in total. The van der Waals surface area contributed by atoms with Gasteiger partial charge in [-0.2, -0.15) is 0 Å². The van der Waals surface area contributed by atoms with Crippen molar-refractivity contribution in [1.82, 2.24) is 0 Å². The summed E-state index contributed by atoms with van der Waals surface area (Å²) in [5, 5.41) is 0. The summed E-state index contributed by atoms with van der Waals surface area (Å²) in [5.74, 6) is 1.14. The van der Waals surface area contributed by atoms with Crippen molar-refractivity contribution >= 4 is 17.2 Å². The van der Waals surface area contributed by atoms with Crippen molar-refractivity contribution in [3.63, 3.8) is 0 Å². The van der Waals surface area contributed by atoms with E-state index in [0.717, 1.165) is 25.3 Å². The van der Waals surface area contributed by atoms with Crippen LogP contribution in [0.3, 0.4) is 0 Å². The van der Waals surface area contributed by atoms with Crippen LogP contribution in [0.2, 0.25) is 0 Å². The first-order chi connectivity index (χ1) is 11.8. The van der Waals surface area contributed by atoms with Gasteiger partial charge >= 0.3 is 0 Å². The summed E-state index contributed by atoms with van der Waals surface area (Å²) < 4.78 is 0. The number of hydrogen-bond donors (Lipinski definition) is 0. The normalized spacial score (nSPS) is 18.6. The molecular weight excluding hydrogens is 294 g/mol. The number of rotatable bonds is 4. The van der Waals surface area contributed by atoms with Gasteiger partial charge in [-0.05, 0) is 30.5 Å². The molecule has 0 amide bonds. The Balaban J connectivity index is 1.78. The number of fused-ring (bicyclic) bond motifs is 2. The average Bonchev–Trinajstić information content (AvgIpc) is 3.18. The minimum atomic E-state index is 0.360. The first-order valence-corrected chi connectivity index (χ1v) is 9.12. The van der Waals surface area contributed by atoms with Crippen molar-refractivity contribution in [2.75, 3.05) is 16.3 Å². The highest BCUT2D eigenvalue weighted by atomic mass is 15.4. The quantitative estimate of drug-likeness (QED) is 0.805. The number of hydrogen-bond acceptors (Lipinski definition) is 3. The molecule has 124 valence electrons. The molecule has 0 saturated carbocycles. The number of unbranched alkanes of at least 4 members (excludes halogenated alkanes) is 1. The van der Waals surface area contributed by atoms with E-state index in [0.29, 0.717) is 6.17 Å². The summed E-state index contributed by atoms with van der Waals surface area (Å²) in [6, 6.07) is 17.4. The van der Waals surface area contributed by atoms with Crippen LogP contribution in [-0.2, 0) is 6.54 Å². The molecule has 2 aliphatic heterocycles. The Bertz CT molecular complexity index is 765. The van der Waals surface area contributed by atoms with Gasteiger partial charge in [-0.3, -0.25) is 4.99 Å². The molecule has 3 heteroatoms. The van der Waals surface area contributed by atoms with Crippen molar-refractivity contribution in [3.05, 3.63) is 59.7 Å². The molecule has 0 radical (unpaired) electrons. The third-order valence-electron chi connectivity index (χ3n) is 5.11. The third kappa shape index (κ3) is 2.31. The van der Waals surface area contributed by atoms with Crippen molar-refractivity contribution < 1.29 is 0 Å². The minimum Gasteiger partial charge on any atom is -0.349 e. The van der Waals surface area contributed by atoms with E-state index in [1.807, 2.05) is 0 Å². The van der Waals surface area contributed by atoms with E-state index in [4.69, 9.17) is 4.99 Å². The van der Waals surface area contributed by atoms with Crippen LogP contribution in [0.4, 0.5) is 11.4 Å². The number of aliphatic imine (C=N–C) groups is 1. The summed E-state index contributed by atoms with van der Waals surface area (Å²) in [7, 11) is 0. The van der Waals surface area contributed by atoms with Gasteiger partial charge in [-0.15, -0.1) is 0 Å². The molecule has 2 heterocycles. The molecular formula is C21H25N3. The summed E-state index contributed by atoms with van der Waals surface area (Å²) in [6.45, 7) is 6.45. The molecule has 0 saturated heterocycles. The van der Waals surface area contributed by atoms with Gasteiger partial charge in [0, 0.05) is 12.1 Å². The van der Waals surface area contributed by atoms with Gasteiger partial charge in [-0.25, -0.2) is 0 Å². The predicted molar refractivity (Wildman–Crippen MR) is 102 cm³/mol. The summed E-state index contributed by atoms with van der Waals surface area (Å²) in [6.07, 6.45) is 3.89. The van der Waals surface area contributed by atoms with Gasteiger partial charge in [0.2, 0.25) is 0 Å². The van der Waals surface area contributed by atoms with Crippen molar-refractivity contribution in [2.45, 2.75) is 45.8 Å².